The summed E-state index contributed by atoms with van der Waals surface area (Å²) < 4.78 is 58.9. The molecule has 1 heterocycles. The number of carbonyl (C=O) groups excluding carboxylic acids is 1. The molecule has 1 fully saturated rings. The van der Waals surface area contributed by atoms with Crippen LogP contribution in [0.4, 0.5) is 0 Å². The topological polar surface area (TPSA) is 178 Å². The molecule has 0 radical (unpaired) electrons. The lowest BCUT2D eigenvalue weighted by Crippen LogP contribution is -2.60. The molecule has 0 amide bonds. The zero-order valence-corrected chi connectivity index (χ0v) is 36.1. The monoisotopic (exact) mass is 841 g/mol. The van der Waals surface area contributed by atoms with E-state index in [-0.39, 0.29) is 19.6 Å². The first kappa shape index (κ1) is 53.6. The van der Waals surface area contributed by atoms with Gasteiger partial charge in [0.05, 0.1) is 19.8 Å². The fraction of sp³-hybridized carbons (Fsp3) is 0.711. The van der Waals surface area contributed by atoms with Gasteiger partial charge in [-0.2, -0.15) is 8.42 Å². The summed E-state index contributed by atoms with van der Waals surface area (Å²) >= 11 is 0. The molecule has 0 aliphatic carbocycles. The Balaban J connectivity index is 2.50. The highest BCUT2D eigenvalue weighted by Crippen LogP contribution is 2.26. The third kappa shape index (κ3) is 29.7. The Morgan fingerprint density at radius 3 is 1.74 bits per heavy atom. The van der Waals surface area contributed by atoms with E-state index < -0.39 is 59.8 Å². The van der Waals surface area contributed by atoms with Crippen LogP contribution in [0.15, 0.2) is 72.9 Å². The third-order valence-corrected chi connectivity index (χ3v) is 9.78. The van der Waals surface area contributed by atoms with Gasteiger partial charge in [-0.3, -0.25) is 9.35 Å². The van der Waals surface area contributed by atoms with Crippen LogP contribution in [0.2, 0.25) is 0 Å². The Morgan fingerprint density at radius 2 is 1.19 bits per heavy atom. The van der Waals surface area contributed by atoms with Crippen molar-refractivity contribution >= 4 is 16.4 Å². The maximum atomic E-state index is 12.8. The first-order valence-corrected chi connectivity index (χ1v) is 23.1. The minimum atomic E-state index is -5.07. The summed E-state index contributed by atoms with van der Waals surface area (Å²) in [4.78, 5) is 12.8. The van der Waals surface area contributed by atoms with Crippen molar-refractivity contribution < 1.29 is 56.2 Å². The highest BCUT2D eigenvalue weighted by molar-refractivity contribution is 7.80. The molecule has 1 saturated heterocycles. The van der Waals surface area contributed by atoms with Crippen molar-refractivity contribution in [3.8, 4) is 0 Å². The highest BCUT2D eigenvalue weighted by atomic mass is 32.3. The molecule has 6 unspecified atom stereocenters. The molecule has 4 N–H and O–H groups in total. The van der Waals surface area contributed by atoms with Gasteiger partial charge in [-0.1, -0.05) is 132 Å². The molecule has 6 atom stereocenters. The molecule has 12 nitrogen and oxygen atoms in total. The number of unbranched alkanes of at least 4 members (excludes halogenated alkanes) is 11. The Hall–Kier alpha value is -2.46. The largest absolute Gasteiger partial charge is 0.457 e. The van der Waals surface area contributed by atoms with Crippen molar-refractivity contribution in [1.29, 1.82) is 0 Å². The maximum Gasteiger partial charge on any atom is 0.397 e. The molecule has 0 spiro atoms. The van der Waals surface area contributed by atoms with Gasteiger partial charge in [0.25, 0.3) is 0 Å². The van der Waals surface area contributed by atoms with Crippen molar-refractivity contribution in [1.82, 2.24) is 0 Å². The quantitative estimate of drug-likeness (QED) is 0.0204. The average molecular weight is 841 g/mol. The molecule has 58 heavy (non-hydrogen) atoms. The van der Waals surface area contributed by atoms with E-state index in [0.29, 0.717) is 13.0 Å². The Morgan fingerprint density at radius 1 is 0.672 bits per heavy atom. The third-order valence-electron chi connectivity index (χ3n) is 9.31. The van der Waals surface area contributed by atoms with Gasteiger partial charge in [0.15, 0.2) is 6.29 Å². The van der Waals surface area contributed by atoms with Gasteiger partial charge < -0.3 is 34.3 Å². The highest BCUT2D eigenvalue weighted by Gasteiger charge is 2.48. The van der Waals surface area contributed by atoms with Gasteiger partial charge in [-0.15, -0.1) is 0 Å². The fourth-order valence-corrected chi connectivity index (χ4v) is 6.57. The average Bonchev–Trinajstić information content (AvgIpc) is 3.19. The molecule has 1 aliphatic rings. The fourth-order valence-electron chi connectivity index (χ4n) is 6.06. The van der Waals surface area contributed by atoms with E-state index in [1.54, 1.807) is 0 Å². The zero-order valence-electron chi connectivity index (χ0n) is 35.3. The van der Waals surface area contributed by atoms with Crippen molar-refractivity contribution in [3.05, 3.63) is 72.9 Å². The lowest BCUT2D eigenvalue weighted by molar-refractivity contribution is -0.301. The van der Waals surface area contributed by atoms with E-state index in [0.717, 1.165) is 77.0 Å². The number of rotatable bonds is 36. The van der Waals surface area contributed by atoms with Crippen LogP contribution in [0.1, 0.15) is 142 Å². The van der Waals surface area contributed by atoms with Gasteiger partial charge in [0.1, 0.15) is 30.5 Å². The number of aliphatic hydroxyl groups excluding tert-OH is 3. The molecule has 1 rings (SSSR count). The minimum Gasteiger partial charge on any atom is -0.457 e. The Kier molecular flexibility index (Phi) is 33.6. The van der Waals surface area contributed by atoms with Crippen LogP contribution in [0.3, 0.4) is 0 Å². The predicted octanol–water partition coefficient (Wildman–Crippen LogP) is 8.74. The maximum absolute atomic E-state index is 12.8. The van der Waals surface area contributed by atoms with Gasteiger partial charge in [-0.05, 0) is 77.0 Å². The summed E-state index contributed by atoms with van der Waals surface area (Å²) in [6.07, 6.45) is 36.6. The van der Waals surface area contributed by atoms with Gasteiger partial charge in [0, 0.05) is 13.0 Å². The first-order valence-electron chi connectivity index (χ1n) is 21.7. The number of hydrogen-bond donors (Lipinski definition) is 4. The number of hydrogen-bond acceptors (Lipinski definition) is 11. The van der Waals surface area contributed by atoms with Crippen LogP contribution < -0.4 is 0 Å². The number of ether oxygens (including phenoxy) is 4. The summed E-state index contributed by atoms with van der Waals surface area (Å²) in [6, 6.07) is 0. The first-order chi connectivity index (χ1) is 28.1. The van der Waals surface area contributed by atoms with Crippen molar-refractivity contribution in [2.45, 2.75) is 179 Å². The number of allylic oxidation sites excluding steroid dienone is 12. The molecule has 13 heteroatoms. The Bertz CT molecular complexity index is 1290. The van der Waals surface area contributed by atoms with E-state index in [1.165, 1.54) is 38.5 Å². The number of aliphatic hydroxyl groups is 3. The molecule has 0 aromatic rings. The molecular weight excluding hydrogens is 765 g/mol. The van der Waals surface area contributed by atoms with Crippen LogP contribution in [0, 0.1) is 0 Å². The van der Waals surface area contributed by atoms with E-state index >= 15 is 0 Å². The molecule has 0 bridgehead atoms. The van der Waals surface area contributed by atoms with Gasteiger partial charge >= 0.3 is 16.4 Å². The molecule has 0 saturated carbocycles. The van der Waals surface area contributed by atoms with E-state index in [9.17, 15) is 28.5 Å². The number of carbonyl (C=O) groups is 1. The van der Waals surface area contributed by atoms with Crippen LogP contribution in [-0.4, -0.2) is 97.5 Å². The predicted molar refractivity (Wildman–Crippen MR) is 229 cm³/mol. The summed E-state index contributed by atoms with van der Waals surface area (Å²) in [6.45, 7) is 3.67. The summed E-state index contributed by atoms with van der Waals surface area (Å²) in [5.74, 6) is -0.430. The smallest absolute Gasteiger partial charge is 0.397 e. The van der Waals surface area contributed by atoms with Crippen LogP contribution >= 0.6 is 0 Å². The van der Waals surface area contributed by atoms with Gasteiger partial charge in [0.2, 0.25) is 0 Å². The standard InChI is InChI=1S/C45H76O12S/c1-3-5-7-9-11-13-15-17-19-20-21-22-24-26-28-30-32-34-41(47)55-39(37-53-35-33-31-29-27-25-23-18-16-14-12-10-8-6-4-2)38-54-45-43(49)44(57-58(50,51)52)42(48)40(36-46)56-45/h6,8,11-14,17-19,23,27,29,39-40,42-46,48-49H,3-5,7,9-10,15-16,20-22,24-26,28,30-38H2,1-2H3,(H,50,51,52)/b8-6-,13-11-,14-12-,19-17-,23-18-,29-27-. The second-order valence-corrected chi connectivity index (χ2v) is 15.6. The van der Waals surface area contributed by atoms with Crippen molar-refractivity contribution in [2.24, 2.45) is 0 Å². The zero-order chi connectivity index (χ0) is 42.5. The van der Waals surface area contributed by atoms with Crippen molar-refractivity contribution in [3.63, 3.8) is 0 Å². The molecular formula is C45H76O12S. The molecule has 1 aliphatic heterocycles. The minimum absolute atomic E-state index is 0.00923. The van der Waals surface area contributed by atoms with E-state index in [2.05, 4.69) is 90.9 Å². The summed E-state index contributed by atoms with van der Waals surface area (Å²) in [5, 5.41) is 30.6. The summed E-state index contributed by atoms with van der Waals surface area (Å²) in [5.41, 5.74) is 0. The second kappa shape index (κ2) is 36.4. The molecule has 334 valence electrons. The van der Waals surface area contributed by atoms with Crippen LogP contribution in [0.25, 0.3) is 0 Å². The van der Waals surface area contributed by atoms with Gasteiger partial charge in [-0.25, -0.2) is 4.18 Å². The van der Waals surface area contributed by atoms with E-state index in [1.807, 2.05) is 0 Å². The summed E-state index contributed by atoms with van der Waals surface area (Å²) in [7, 11) is -5.07. The second-order valence-electron chi connectivity index (χ2n) is 14.5. The lowest BCUT2D eigenvalue weighted by Gasteiger charge is -2.41. The number of esters is 1. The van der Waals surface area contributed by atoms with Crippen molar-refractivity contribution in [2.75, 3.05) is 26.4 Å². The molecule has 0 aromatic carbocycles. The Labute approximate surface area is 350 Å². The normalized spacial score (nSPS) is 21.2. The lowest BCUT2D eigenvalue weighted by atomic mass is 9.99. The van der Waals surface area contributed by atoms with E-state index in [4.69, 9.17) is 23.5 Å². The van der Waals surface area contributed by atoms with Crippen LogP contribution in [-0.2, 0) is 38.3 Å². The molecule has 0 aromatic heterocycles. The van der Waals surface area contributed by atoms with Crippen LogP contribution in [0.5, 0.6) is 0 Å². The SMILES string of the molecule is CC/C=C\C/C=C\C/C=C\C/C=C\CCCOCC(COC1OC(CO)C(O)C(OS(=O)(=O)O)C1O)OC(=O)CCCCCCCCC/C=C\C/C=C\CCCCC.